The van der Waals surface area contributed by atoms with E-state index in [0.717, 1.165) is 12.8 Å². The Morgan fingerprint density at radius 1 is 0.864 bits per heavy atom. The largest absolute Gasteiger partial charge is 0.481 e. The Bertz CT molecular complexity index is 532. The van der Waals surface area contributed by atoms with Gasteiger partial charge in [0.2, 0.25) is 0 Å². The number of rotatable bonds is 8. The van der Waals surface area contributed by atoms with E-state index in [1.165, 1.54) is 11.1 Å². The monoisotopic (exact) mass is 296 g/mol. The van der Waals surface area contributed by atoms with Crippen molar-refractivity contribution in [2.75, 3.05) is 0 Å². The van der Waals surface area contributed by atoms with E-state index in [1.54, 1.807) is 0 Å². The first kappa shape index (κ1) is 16.3. The Balaban J connectivity index is 2.05. The van der Waals surface area contributed by atoms with Crippen molar-refractivity contribution in [2.45, 2.75) is 39.0 Å². The Labute approximate surface area is 132 Å². The molecule has 0 spiro atoms. The topological polar surface area (TPSA) is 37.3 Å². The quantitative estimate of drug-likeness (QED) is 0.764. The number of hydrogen-bond donors (Lipinski definition) is 1. The van der Waals surface area contributed by atoms with Crippen molar-refractivity contribution in [3.05, 3.63) is 71.8 Å². The normalized spacial score (nSPS) is 11.3. The highest BCUT2D eigenvalue weighted by Gasteiger charge is 2.35. The summed E-state index contributed by atoms with van der Waals surface area (Å²) < 4.78 is 0. The second-order valence-corrected chi connectivity index (χ2v) is 5.91. The maximum atomic E-state index is 11.9. The molecule has 116 valence electrons. The lowest BCUT2D eigenvalue weighted by atomic mass is 9.75. The van der Waals surface area contributed by atoms with Crippen LogP contribution in [0.4, 0.5) is 0 Å². The molecule has 0 aliphatic heterocycles. The van der Waals surface area contributed by atoms with Gasteiger partial charge >= 0.3 is 5.97 Å². The maximum absolute atomic E-state index is 11.9. The third-order valence-electron chi connectivity index (χ3n) is 4.60. The molecule has 0 saturated carbocycles. The highest BCUT2D eigenvalue weighted by molar-refractivity contribution is 5.74. The molecule has 0 aromatic heterocycles. The fraction of sp³-hybridized carbons (Fsp3) is 0.350. The van der Waals surface area contributed by atoms with Crippen molar-refractivity contribution >= 4 is 5.97 Å². The molecule has 0 aliphatic carbocycles. The van der Waals surface area contributed by atoms with Crippen LogP contribution in [0.1, 0.15) is 37.3 Å². The predicted molar refractivity (Wildman–Crippen MR) is 89.9 cm³/mol. The molecule has 0 amide bonds. The minimum Gasteiger partial charge on any atom is -0.481 e. The van der Waals surface area contributed by atoms with Gasteiger partial charge in [-0.1, -0.05) is 67.6 Å². The summed E-state index contributed by atoms with van der Waals surface area (Å²) in [6.45, 7) is 1.99. The fourth-order valence-electron chi connectivity index (χ4n) is 2.90. The van der Waals surface area contributed by atoms with Crippen molar-refractivity contribution in [3.8, 4) is 0 Å². The number of benzene rings is 2. The van der Waals surface area contributed by atoms with Gasteiger partial charge in [-0.2, -0.15) is 0 Å². The second-order valence-electron chi connectivity index (χ2n) is 5.91. The molecular formula is C20H24O2. The van der Waals surface area contributed by atoms with Gasteiger partial charge in [0.15, 0.2) is 0 Å². The number of hydrogen-bond acceptors (Lipinski definition) is 1. The molecule has 2 aromatic rings. The zero-order valence-electron chi connectivity index (χ0n) is 13.2. The summed E-state index contributed by atoms with van der Waals surface area (Å²) in [5.74, 6) is -0.665. The first-order valence-electron chi connectivity index (χ1n) is 7.97. The third-order valence-corrected chi connectivity index (χ3v) is 4.60. The molecule has 0 heterocycles. The minimum atomic E-state index is -0.665. The summed E-state index contributed by atoms with van der Waals surface area (Å²) in [4.78, 5) is 11.9. The van der Waals surface area contributed by atoms with E-state index in [-0.39, 0.29) is 0 Å². The Kier molecular flexibility index (Phi) is 5.76. The first-order chi connectivity index (χ1) is 10.7. The van der Waals surface area contributed by atoms with Crippen LogP contribution in [-0.4, -0.2) is 11.1 Å². The molecule has 2 heteroatoms. The summed E-state index contributed by atoms with van der Waals surface area (Å²) in [6.07, 6.45) is 3.68. The molecule has 2 nitrogen and oxygen atoms in total. The smallest absolute Gasteiger partial charge is 0.309 e. The van der Waals surface area contributed by atoms with Crippen LogP contribution in [0, 0.1) is 5.41 Å². The average molecular weight is 296 g/mol. The molecule has 0 unspecified atom stereocenters. The number of aliphatic carboxylic acids is 1. The van der Waals surface area contributed by atoms with E-state index in [1.807, 2.05) is 43.3 Å². The lowest BCUT2D eigenvalue weighted by Crippen LogP contribution is -2.31. The number of carboxylic acids is 1. The number of aryl methyl sites for hydroxylation is 2. The van der Waals surface area contributed by atoms with Crippen LogP contribution in [0.25, 0.3) is 0 Å². The van der Waals surface area contributed by atoms with Gasteiger partial charge in [-0.3, -0.25) is 4.79 Å². The van der Waals surface area contributed by atoms with Crippen molar-refractivity contribution < 1.29 is 9.90 Å². The Morgan fingerprint density at radius 2 is 1.27 bits per heavy atom. The highest BCUT2D eigenvalue weighted by atomic mass is 16.4. The standard InChI is InChI=1S/C20H24O2/c1-2-20(19(21)22,15-13-17-9-5-3-6-10-17)16-14-18-11-7-4-8-12-18/h3-12H,2,13-16H2,1H3,(H,21,22). The van der Waals surface area contributed by atoms with Crippen LogP contribution in [0.2, 0.25) is 0 Å². The molecule has 0 saturated heterocycles. The zero-order chi connectivity index (χ0) is 15.8. The fourth-order valence-corrected chi connectivity index (χ4v) is 2.90. The molecule has 0 aliphatic rings. The van der Waals surface area contributed by atoms with Crippen molar-refractivity contribution in [2.24, 2.45) is 5.41 Å². The maximum Gasteiger partial charge on any atom is 0.309 e. The zero-order valence-corrected chi connectivity index (χ0v) is 13.2. The SMILES string of the molecule is CCC(CCc1ccccc1)(CCc1ccccc1)C(=O)O. The van der Waals surface area contributed by atoms with Gasteiger partial charge in [0.25, 0.3) is 0 Å². The minimum absolute atomic E-state index is 0.633. The molecular weight excluding hydrogens is 272 g/mol. The molecule has 22 heavy (non-hydrogen) atoms. The number of carbonyl (C=O) groups is 1. The van der Waals surface area contributed by atoms with Crippen LogP contribution in [0.5, 0.6) is 0 Å². The van der Waals surface area contributed by atoms with Gasteiger partial charge in [0.05, 0.1) is 5.41 Å². The predicted octanol–water partition coefficient (Wildman–Crippen LogP) is 4.73. The molecule has 0 radical (unpaired) electrons. The third kappa shape index (κ3) is 4.20. The summed E-state index contributed by atoms with van der Waals surface area (Å²) >= 11 is 0. The molecule has 1 N–H and O–H groups in total. The Hall–Kier alpha value is -2.09. The molecule has 0 atom stereocenters. The van der Waals surface area contributed by atoms with E-state index in [0.29, 0.717) is 19.3 Å². The van der Waals surface area contributed by atoms with Crippen LogP contribution in [-0.2, 0) is 17.6 Å². The molecule has 2 rings (SSSR count). The van der Waals surface area contributed by atoms with Crippen molar-refractivity contribution in [1.82, 2.24) is 0 Å². The van der Waals surface area contributed by atoms with Gasteiger partial charge in [-0.15, -0.1) is 0 Å². The number of carboxylic acid groups (broad SMARTS) is 1. The van der Waals surface area contributed by atoms with Crippen molar-refractivity contribution in [1.29, 1.82) is 0 Å². The summed E-state index contributed by atoms with van der Waals surface area (Å²) in [6, 6.07) is 20.3. The Morgan fingerprint density at radius 3 is 1.59 bits per heavy atom. The van der Waals surface area contributed by atoms with Gasteiger partial charge in [0.1, 0.15) is 0 Å². The van der Waals surface area contributed by atoms with E-state index in [2.05, 4.69) is 24.3 Å². The molecule has 0 bridgehead atoms. The van der Waals surface area contributed by atoms with Crippen LogP contribution in [0.15, 0.2) is 60.7 Å². The summed E-state index contributed by atoms with van der Waals surface area (Å²) in [5, 5.41) is 9.78. The van der Waals surface area contributed by atoms with E-state index >= 15 is 0 Å². The average Bonchev–Trinajstić information content (AvgIpc) is 2.57. The van der Waals surface area contributed by atoms with Gasteiger partial charge in [0, 0.05) is 0 Å². The van der Waals surface area contributed by atoms with Crippen LogP contribution >= 0.6 is 0 Å². The lowest BCUT2D eigenvalue weighted by Gasteiger charge is -2.28. The molecule has 2 aromatic carbocycles. The lowest BCUT2D eigenvalue weighted by molar-refractivity contribution is -0.150. The first-order valence-corrected chi connectivity index (χ1v) is 7.97. The van der Waals surface area contributed by atoms with E-state index in [9.17, 15) is 9.90 Å². The van der Waals surface area contributed by atoms with E-state index < -0.39 is 11.4 Å². The van der Waals surface area contributed by atoms with Gasteiger partial charge in [-0.25, -0.2) is 0 Å². The summed E-state index contributed by atoms with van der Waals surface area (Å²) in [5.41, 5.74) is 1.79. The van der Waals surface area contributed by atoms with Crippen molar-refractivity contribution in [3.63, 3.8) is 0 Å². The van der Waals surface area contributed by atoms with Gasteiger partial charge in [-0.05, 0) is 43.2 Å². The second kappa shape index (κ2) is 7.79. The van der Waals surface area contributed by atoms with Crippen LogP contribution < -0.4 is 0 Å². The summed E-state index contributed by atoms with van der Waals surface area (Å²) in [7, 11) is 0. The van der Waals surface area contributed by atoms with Crippen LogP contribution in [0.3, 0.4) is 0 Å². The highest BCUT2D eigenvalue weighted by Crippen LogP contribution is 2.34. The molecule has 0 fully saturated rings. The van der Waals surface area contributed by atoms with E-state index in [4.69, 9.17) is 0 Å². The van der Waals surface area contributed by atoms with Gasteiger partial charge < -0.3 is 5.11 Å².